The molecule has 0 radical (unpaired) electrons. The first-order valence-corrected chi connectivity index (χ1v) is 14.4. The van der Waals surface area contributed by atoms with Gasteiger partial charge in [-0.25, -0.2) is 9.97 Å². The molecule has 5 N–H and O–H groups in total. The van der Waals surface area contributed by atoms with Crippen LogP contribution in [0.15, 0.2) is 42.9 Å². The van der Waals surface area contributed by atoms with E-state index in [1.807, 2.05) is 36.5 Å². The molecule has 2 aliphatic rings. The maximum absolute atomic E-state index is 13.9. The van der Waals surface area contributed by atoms with Crippen molar-refractivity contribution in [2.24, 2.45) is 5.73 Å². The van der Waals surface area contributed by atoms with Gasteiger partial charge in [-0.1, -0.05) is 23.7 Å². The smallest absolute Gasteiger partial charge is 0.241 e. The number of carbonyl (C=O) groups is 1. The lowest BCUT2D eigenvalue weighted by Gasteiger charge is -2.42. The first-order valence-electron chi connectivity index (χ1n) is 12.8. The molecule has 3 aromatic rings. The van der Waals surface area contributed by atoms with Gasteiger partial charge in [-0.05, 0) is 49.3 Å². The molecule has 11 heteroatoms. The number of piperidine rings is 1. The lowest BCUT2D eigenvalue weighted by atomic mass is 9.86. The van der Waals surface area contributed by atoms with Gasteiger partial charge in [0.15, 0.2) is 0 Å². The molecular formula is C26H35ClN8OS. The predicted molar refractivity (Wildman–Crippen MR) is 151 cm³/mol. The number of fused-ring (bicyclic) bond motifs is 1. The molecule has 2 fully saturated rings. The van der Waals surface area contributed by atoms with Gasteiger partial charge < -0.3 is 31.2 Å². The Balaban J connectivity index is 1.32. The Morgan fingerprint density at radius 1 is 1.16 bits per heavy atom. The number of hydrogen-bond donors (Lipinski definition) is 4. The molecule has 1 amide bonds. The quantitative estimate of drug-likeness (QED) is 0.321. The number of nitrogens with zero attached hydrogens (tertiary/aromatic N) is 4. The number of carbonyl (C=O) groups excluding carboxylic acids is 1. The van der Waals surface area contributed by atoms with E-state index >= 15 is 0 Å². The Hall–Kier alpha value is -2.37. The lowest BCUT2D eigenvalue weighted by Crippen LogP contribution is -2.62. The van der Waals surface area contributed by atoms with Crippen LogP contribution in [-0.2, 0) is 9.67 Å². The van der Waals surface area contributed by atoms with Gasteiger partial charge in [0, 0.05) is 57.0 Å². The first kappa shape index (κ1) is 26.2. The van der Waals surface area contributed by atoms with Crippen molar-refractivity contribution in [3.05, 3.63) is 53.4 Å². The maximum atomic E-state index is 13.9. The highest BCUT2D eigenvalue weighted by molar-refractivity contribution is 7.99. The van der Waals surface area contributed by atoms with Crippen LogP contribution in [0, 0.1) is 0 Å². The predicted octanol–water partition coefficient (Wildman–Crippen LogP) is 2.54. The highest BCUT2D eigenvalue weighted by Gasteiger charge is 2.43. The number of nitrogens with two attached hydrogens (primary N) is 1. The third-order valence-electron chi connectivity index (χ3n) is 7.70. The van der Waals surface area contributed by atoms with Gasteiger partial charge >= 0.3 is 0 Å². The van der Waals surface area contributed by atoms with Crippen molar-refractivity contribution < 1.29 is 4.79 Å². The molecule has 0 spiro atoms. The molecule has 1 unspecified atom stereocenters. The van der Waals surface area contributed by atoms with Crippen LogP contribution in [0.5, 0.6) is 0 Å². The summed E-state index contributed by atoms with van der Waals surface area (Å²) in [6.07, 6.45) is 7.34. The van der Waals surface area contributed by atoms with Crippen LogP contribution in [0.1, 0.15) is 24.8 Å². The second kappa shape index (κ2) is 11.2. The highest BCUT2D eigenvalue weighted by atomic mass is 35.5. The molecule has 37 heavy (non-hydrogen) atoms. The summed E-state index contributed by atoms with van der Waals surface area (Å²) >= 11 is 7.85. The molecule has 4 heterocycles. The van der Waals surface area contributed by atoms with E-state index in [1.165, 1.54) is 0 Å². The van der Waals surface area contributed by atoms with Crippen LogP contribution >= 0.6 is 23.4 Å². The number of amides is 1. The maximum Gasteiger partial charge on any atom is 0.241 e. The zero-order valence-corrected chi connectivity index (χ0v) is 22.7. The third kappa shape index (κ3) is 5.58. The van der Waals surface area contributed by atoms with Gasteiger partial charge in [-0.15, -0.1) is 11.8 Å². The van der Waals surface area contributed by atoms with Crippen molar-refractivity contribution in [1.82, 2.24) is 30.5 Å². The van der Waals surface area contributed by atoms with Gasteiger partial charge in [0.1, 0.15) is 22.7 Å². The monoisotopic (exact) mass is 542 g/mol. The minimum atomic E-state index is -0.955. The molecular weight excluding hydrogens is 508 g/mol. The first-order chi connectivity index (χ1) is 17.9. The molecule has 0 saturated carbocycles. The number of hydrogen-bond acceptors (Lipinski definition) is 8. The number of aromatic amines is 1. The summed E-state index contributed by atoms with van der Waals surface area (Å²) in [5, 5.41) is 8.47. The van der Waals surface area contributed by atoms with Crippen LogP contribution in [0.2, 0.25) is 5.02 Å². The van der Waals surface area contributed by atoms with Crippen LogP contribution < -0.4 is 21.3 Å². The molecule has 2 saturated heterocycles. The Morgan fingerprint density at radius 3 is 2.59 bits per heavy atom. The molecule has 0 bridgehead atoms. The average Bonchev–Trinajstić information content (AvgIpc) is 3.42. The minimum Gasteiger partial charge on any atom is -0.356 e. The van der Waals surface area contributed by atoms with Gasteiger partial charge in [-0.2, -0.15) is 0 Å². The molecule has 198 valence electrons. The summed E-state index contributed by atoms with van der Waals surface area (Å²) in [6, 6.07) is 9.79. The Morgan fingerprint density at radius 2 is 1.89 bits per heavy atom. The second-order valence-electron chi connectivity index (χ2n) is 9.91. The van der Waals surface area contributed by atoms with Gasteiger partial charge in [0.05, 0.1) is 10.9 Å². The number of rotatable bonds is 8. The van der Waals surface area contributed by atoms with E-state index in [1.54, 1.807) is 18.1 Å². The zero-order chi connectivity index (χ0) is 25.9. The number of nitrogens with one attached hydrogen (secondary N) is 3. The second-order valence-corrected chi connectivity index (χ2v) is 11.5. The van der Waals surface area contributed by atoms with Crippen molar-refractivity contribution in [3.63, 3.8) is 0 Å². The Labute approximate surface area is 226 Å². The summed E-state index contributed by atoms with van der Waals surface area (Å²) in [7, 11) is 0. The largest absolute Gasteiger partial charge is 0.356 e. The number of piperazine rings is 1. The fourth-order valence-corrected chi connectivity index (χ4v) is 6.27. The van der Waals surface area contributed by atoms with E-state index in [9.17, 15) is 4.79 Å². The molecule has 2 aromatic heterocycles. The number of anilines is 1. The molecule has 2 aliphatic heterocycles. The standard InChI is InChI=1S/C26H35ClN8OS/c1-37-26(19-2-4-20(27)5-3-19,9-13-34-16-11-29-12-17-34)33-24(36)25(28)7-14-35(15-8-25)23-21-6-10-30-22(21)31-18-32-23/h2-6,10,18,29H,7-9,11-17,28H2,1H3,(H,33,36)(H,30,31,32). The van der Waals surface area contributed by atoms with Crippen molar-refractivity contribution in [3.8, 4) is 0 Å². The zero-order valence-electron chi connectivity index (χ0n) is 21.2. The van der Waals surface area contributed by atoms with E-state index < -0.39 is 10.4 Å². The normalized spacial score (nSPS) is 20.0. The van der Waals surface area contributed by atoms with Gasteiger partial charge in [0.2, 0.25) is 5.91 Å². The van der Waals surface area contributed by atoms with Crippen molar-refractivity contribution in [1.29, 1.82) is 0 Å². The fraction of sp³-hybridized carbons (Fsp3) is 0.500. The fourth-order valence-electron chi connectivity index (χ4n) is 5.28. The van der Waals surface area contributed by atoms with Crippen LogP contribution in [0.25, 0.3) is 11.0 Å². The minimum absolute atomic E-state index is 0.105. The topological polar surface area (TPSA) is 115 Å². The molecule has 9 nitrogen and oxygen atoms in total. The van der Waals surface area contributed by atoms with Crippen molar-refractivity contribution >= 4 is 46.1 Å². The number of aromatic nitrogens is 3. The summed E-state index contributed by atoms with van der Waals surface area (Å²) in [5.41, 5.74) is 7.70. The lowest BCUT2D eigenvalue weighted by molar-refractivity contribution is -0.128. The number of H-pyrrole nitrogens is 1. The van der Waals surface area contributed by atoms with Gasteiger partial charge in [-0.3, -0.25) is 4.79 Å². The number of halogens is 1. The van der Waals surface area contributed by atoms with E-state index in [0.29, 0.717) is 31.0 Å². The van der Waals surface area contributed by atoms with Crippen LogP contribution in [0.3, 0.4) is 0 Å². The molecule has 5 rings (SSSR count). The van der Waals surface area contributed by atoms with E-state index in [2.05, 4.69) is 41.6 Å². The highest BCUT2D eigenvalue weighted by Crippen LogP contribution is 2.38. The van der Waals surface area contributed by atoms with E-state index in [4.69, 9.17) is 17.3 Å². The molecule has 1 aromatic carbocycles. The van der Waals surface area contributed by atoms with Crippen molar-refractivity contribution in [2.75, 3.05) is 57.0 Å². The number of thioether (sulfide) groups is 1. The van der Waals surface area contributed by atoms with E-state index in [0.717, 1.165) is 61.6 Å². The summed E-state index contributed by atoms with van der Waals surface area (Å²) in [5.74, 6) is 0.774. The van der Waals surface area contributed by atoms with Crippen LogP contribution in [0.4, 0.5) is 5.82 Å². The SMILES string of the molecule is CSC(CCN1CCNCC1)(NC(=O)C1(N)CCN(c2ncnc3[nH]ccc23)CC1)c1ccc(Cl)cc1. The summed E-state index contributed by atoms with van der Waals surface area (Å²) < 4.78 is 0. The molecule has 1 atom stereocenters. The number of benzene rings is 1. The Bertz CT molecular complexity index is 1210. The molecule has 0 aliphatic carbocycles. The van der Waals surface area contributed by atoms with Gasteiger partial charge in [0.25, 0.3) is 0 Å². The van der Waals surface area contributed by atoms with E-state index in [-0.39, 0.29) is 5.91 Å². The third-order valence-corrected chi connectivity index (χ3v) is 9.20. The summed E-state index contributed by atoms with van der Waals surface area (Å²) in [6.45, 7) is 6.18. The summed E-state index contributed by atoms with van der Waals surface area (Å²) in [4.78, 5) is 29.8. The average molecular weight is 543 g/mol. The van der Waals surface area contributed by atoms with Crippen molar-refractivity contribution in [2.45, 2.75) is 29.7 Å². The Kier molecular flexibility index (Phi) is 7.92. The van der Waals surface area contributed by atoms with Crippen LogP contribution in [-0.4, -0.2) is 83.4 Å².